The number of aromatic nitrogens is 2. The minimum Gasteiger partial charge on any atom is -0.392 e. The third-order valence-corrected chi connectivity index (χ3v) is 7.09. The zero-order valence-corrected chi connectivity index (χ0v) is 12.7. The molecule has 0 radical (unpaired) electrons. The molecule has 19 heavy (non-hydrogen) atoms. The van der Waals surface area contributed by atoms with Gasteiger partial charge in [0, 0.05) is 22.8 Å². The third kappa shape index (κ3) is 2.94. The molecule has 1 aromatic heterocycles. The Balaban J connectivity index is 1.68. The topological polar surface area (TPSA) is 71.2 Å². The minimum atomic E-state index is -0.305. The molecule has 0 spiro atoms. The Hall–Kier alpha value is -0.240. The summed E-state index contributed by atoms with van der Waals surface area (Å²) in [4.78, 5) is 4.52. The minimum absolute atomic E-state index is 0.00819. The fraction of sp³-hybridized carbons (Fsp3) is 0.833. The first-order valence-corrected chi connectivity index (χ1v) is 8.64. The quantitative estimate of drug-likeness (QED) is 0.862. The van der Waals surface area contributed by atoms with E-state index in [1.54, 1.807) is 0 Å². The van der Waals surface area contributed by atoms with Crippen LogP contribution in [0.1, 0.15) is 43.3 Å². The smallest absolute Gasteiger partial charge is 0.243 e. The van der Waals surface area contributed by atoms with Crippen molar-refractivity contribution in [1.29, 1.82) is 0 Å². The van der Waals surface area contributed by atoms with Gasteiger partial charge in [0.2, 0.25) is 5.89 Å². The number of hydrogen-bond donors (Lipinski definition) is 2. The molecule has 2 N–H and O–H groups in total. The summed E-state index contributed by atoms with van der Waals surface area (Å²) < 4.78 is 5.35. The van der Waals surface area contributed by atoms with Gasteiger partial charge in [0.25, 0.3) is 0 Å². The highest BCUT2D eigenvalue weighted by molar-refractivity contribution is 8.07. The van der Waals surface area contributed by atoms with Gasteiger partial charge in [-0.05, 0) is 6.42 Å². The SMILES string of the molecule is CC1SCC(c2noc([C@H]3C[C@H](O)CN3)n2)SC1C. The molecule has 2 saturated heterocycles. The fourth-order valence-corrected chi connectivity index (χ4v) is 5.18. The number of β-amino-alcohol motifs (C(OH)–C–C–N with tert-alkyl or cyclic N) is 1. The summed E-state index contributed by atoms with van der Waals surface area (Å²) in [6.45, 7) is 5.12. The number of rotatable bonds is 2. The van der Waals surface area contributed by atoms with Crippen LogP contribution < -0.4 is 5.32 Å². The van der Waals surface area contributed by atoms with Crippen LogP contribution in [0.4, 0.5) is 0 Å². The zero-order valence-electron chi connectivity index (χ0n) is 11.1. The van der Waals surface area contributed by atoms with Crippen molar-refractivity contribution in [3.05, 3.63) is 11.7 Å². The first-order chi connectivity index (χ1) is 9.13. The normalized spacial score (nSPS) is 39.6. The maximum absolute atomic E-state index is 9.52. The van der Waals surface area contributed by atoms with Crippen molar-refractivity contribution in [2.45, 2.75) is 48.2 Å². The van der Waals surface area contributed by atoms with Gasteiger partial charge in [-0.2, -0.15) is 16.7 Å². The number of nitrogens with zero attached hydrogens (tertiary/aromatic N) is 2. The van der Waals surface area contributed by atoms with Gasteiger partial charge in [0.1, 0.15) is 0 Å². The molecule has 0 aromatic carbocycles. The van der Waals surface area contributed by atoms with E-state index in [0.29, 0.717) is 34.6 Å². The van der Waals surface area contributed by atoms with Crippen LogP contribution in [0.25, 0.3) is 0 Å². The summed E-state index contributed by atoms with van der Waals surface area (Å²) in [6.07, 6.45) is 0.350. The van der Waals surface area contributed by atoms with Gasteiger partial charge in [-0.3, -0.25) is 0 Å². The first kappa shape index (κ1) is 13.7. The lowest BCUT2D eigenvalue weighted by molar-refractivity contribution is 0.191. The molecule has 0 saturated carbocycles. The van der Waals surface area contributed by atoms with Gasteiger partial charge >= 0.3 is 0 Å². The lowest BCUT2D eigenvalue weighted by Gasteiger charge is -2.29. The van der Waals surface area contributed by atoms with E-state index in [4.69, 9.17) is 4.52 Å². The van der Waals surface area contributed by atoms with Gasteiger partial charge in [-0.1, -0.05) is 19.0 Å². The van der Waals surface area contributed by atoms with Crippen molar-refractivity contribution in [2.24, 2.45) is 0 Å². The number of hydrogen-bond acceptors (Lipinski definition) is 7. The Morgan fingerprint density at radius 3 is 2.89 bits per heavy atom. The maximum atomic E-state index is 9.52. The second kappa shape index (κ2) is 5.63. The molecule has 0 aliphatic carbocycles. The fourth-order valence-electron chi connectivity index (χ4n) is 2.34. The van der Waals surface area contributed by atoms with Crippen LogP contribution in [0.3, 0.4) is 0 Å². The van der Waals surface area contributed by atoms with Crippen molar-refractivity contribution in [2.75, 3.05) is 12.3 Å². The van der Waals surface area contributed by atoms with Crippen LogP contribution in [0, 0.1) is 0 Å². The van der Waals surface area contributed by atoms with Crippen LogP contribution in [-0.2, 0) is 0 Å². The maximum Gasteiger partial charge on any atom is 0.243 e. The molecule has 7 heteroatoms. The van der Waals surface area contributed by atoms with Crippen molar-refractivity contribution in [3.8, 4) is 0 Å². The summed E-state index contributed by atoms with van der Waals surface area (Å²) >= 11 is 3.90. The summed E-state index contributed by atoms with van der Waals surface area (Å²) in [6, 6.07) is 0.00819. The van der Waals surface area contributed by atoms with E-state index in [1.807, 2.05) is 23.5 Å². The van der Waals surface area contributed by atoms with E-state index in [9.17, 15) is 5.11 Å². The van der Waals surface area contributed by atoms with Crippen LogP contribution in [0.15, 0.2) is 4.52 Å². The highest BCUT2D eigenvalue weighted by Gasteiger charge is 2.32. The zero-order chi connectivity index (χ0) is 13.4. The number of thioether (sulfide) groups is 2. The standard InChI is InChI=1S/C12H19N3O2S2/c1-6-7(2)19-10(5-18-6)11-14-12(17-15-11)9-3-8(16)4-13-9/h6-10,13,16H,3-5H2,1-2H3/t6?,7?,8-,9+,10?/m0/s1. The molecule has 2 aliphatic heterocycles. The van der Waals surface area contributed by atoms with Crippen LogP contribution >= 0.6 is 23.5 Å². The third-order valence-electron chi connectivity index (χ3n) is 3.70. The summed E-state index contributed by atoms with van der Waals surface area (Å²) in [5, 5.41) is 18.5. The van der Waals surface area contributed by atoms with Gasteiger partial charge in [-0.25, -0.2) is 0 Å². The molecule has 0 amide bonds. The van der Waals surface area contributed by atoms with E-state index >= 15 is 0 Å². The lowest BCUT2D eigenvalue weighted by atomic mass is 10.2. The van der Waals surface area contributed by atoms with Gasteiger partial charge in [0.05, 0.1) is 17.4 Å². The van der Waals surface area contributed by atoms with Gasteiger partial charge < -0.3 is 14.9 Å². The van der Waals surface area contributed by atoms with Crippen LogP contribution in [0.2, 0.25) is 0 Å². The van der Waals surface area contributed by atoms with Crippen molar-refractivity contribution < 1.29 is 9.63 Å². The Bertz CT molecular complexity index is 442. The Morgan fingerprint density at radius 2 is 2.21 bits per heavy atom. The lowest BCUT2D eigenvalue weighted by Crippen LogP contribution is -2.22. The average molecular weight is 301 g/mol. The Kier molecular flexibility index (Phi) is 4.07. The molecule has 3 rings (SSSR count). The van der Waals surface area contributed by atoms with E-state index in [1.165, 1.54) is 0 Å². The first-order valence-electron chi connectivity index (χ1n) is 6.65. The van der Waals surface area contributed by atoms with Gasteiger partial charge in [-0.15, -0.1) is 11.8 Å². The number of aliphatic hydroxyl groups is 1. The second-order valence-corrected chi connectivity index (χ2v) is 8.20. The summed E-state index contributed by atoms with van der Waals surface area (Å²) in [7, 11) is 0. The van der Waals surface area contributed by atoms with Crippen LogP contribution in [-0.4, -0.2) is 44.1 Å². The molecule has 1 aromatic rings. The Labute approximate surface area is 121 Å². The molecule has 2 aliphatic rings. The molecular formula is C12H19N3O2S2. The molecule has 0 bridgehead atoms. The molecule has 2 fully saturated rings. The van der Waals surface area contributed by atoms with E-state index in [2.05, 4.69) is 29.3 Å². The predicted octanol–water partition coefficient (Wildman–Crippen LogP) is 1.76. The molecule has 106 valence electrons. The summed E-state index contributed by atoms with van der Waals surface area (Å²) in [5.41, 5.74) is 0. The largest absolute Gasteiger partial charge is 0.392 e. The predicted molar refractivity (Wildman–Crippen MR) is 77.4 cm³/mol. The molecule has 5 nitrogen and oxygen atoms in total. The average Bonchev–Trinajstić information content (AvgIpc) is 3.01. The second-order valence-electron chi connectivity index (χ2n) is 5.21. The van der Waals surface area contributed by atoms with E-state index < -0.39 is 0 Å². The Morgan fingerprint density at radius 1 is 1.37 bits per heavy atom. The highest BCUT2D eigenvalue weighted by Crippen LogP contribution is 2.43. The molecule has 3 heterocycles. The van der Waals surface area contributed by atoms with E-state index in [0.717, 1.165) is 11.6 Å². The number of aliphatic hydroxyl groups excluding tert-OH is 1. The highest BCUT2D eigenvalue weighted by atomic mass is 32.2. The summed E-state index contributed by atoms with van der Waals surface area (Å²) in [5.74, 6) is 2.45. The molecule has 3 unspecified atom stereocenters. The van der Waals surface area contributed by atoms with Crippen LogP contribution in [0.5, 0.6) is 0 Å². The molecular weight excluding hydrogens is 282 g/mol. The van der Waals surface area contributed by atoms with E-state index in [-0.39, 0.29) is 12.1 Å². The number of nitrogens with one attached hydrogen (secondary N) is 1. The van der Waals surface area contributed by atoms with Crippen molar-refractivity contribution >= 4 is 23.5 Å². The van der Waals surface area contributed by atoms with Crippen molar-refractivity contribution in [3.63, 3.8) is 0 Å². The van der Waals surface area contributed by atoms with Gasteiger partial charge in [0.15, 0.2) is 5.82 Å². The monoisotopic (exact) mass is 301 g/mol. The van der Waals surface area contributed by atoms with Crippen molar-refractivity contribution in [1.82, 2.24) is 15.5 Å². The molecule has 5 atom stereocenters.